The fraction of sp³-hybridized carbons (Fsp3) is 0.500. The number of anilines is 4. The Morgan fingerprint density at radius 3 is 2.46 bits per heavy atom. The van der Waals surface area contributed by atoms with E-state index in [-0.39, 0.29) is 28.9 Å². The quantitative estimate of drug-likeness (QED) is 0.152. The Balaban J connectivity index is 1.57. The van der Waals surface area contributed by atoms with Gasteiger partial charge in [-0.2, -0.15) is 0 Å². The Morgan fingerprint density at radius 2 is 1.83 bits per heavy atom. The van der Waals surface area contributed by atoms with Crippen LogP contribution in [0.5, 0.6) is 11.5 Å². The zero-order valence-electron chi connectivity index (χ0n) is 24.4. The topological polar surface area (TPSA) is 144 Å². The van der Waals surface area contributed by atoms with E-state index >= 15 is 0 Å². The van der Waals surface area contributed by atoms with Gasteiger partial charge >= 0.3 is 0 Å². The second-order valence-electron chi connectivity index (χ2n) is 10.8. The number of pyridine rings is 1. The number of benzene rings is 1. The molecule has 1 heterocycles. The number of nitrogens with one attached hydrogen (secondary N) is 2. The third-order valence-corrected chi connectivity index (χ3v) is 7.32. The molecule has 2 aromatic carbocycles. The first-order valence-corrected chi connectivity index (χ1v) is 14.3. The lowest BCUT2D eigenvalue weighted by atomic mass is 10.1. The summed E-state index contributed by atoms with van der Waals surface area (Å²) in [5, 5.41) is 26.6. The Morgan fingerprint density at radius 1 is 1.07 bits per heavy atom. The monoisotopic (exact) mass is 570 g/mol. The average Bonchev–Trinajstić information content (AvgIpc) is 2.95. The van der Waals surface area contributed by atoms with Gasteiger partial charge in [0, 0.05) is 49.9 Å². The van der Waals surface area contributed by atoms with Gasteiger partial charge in [-0.1, -0.05) is 33.3 Å². The van der Waals surface area contributed by atoms with Crippen molar-refractivity contribution >= 4 is 22.9 Å². The summed E-state index contributed by atoms with van der Waals surface area (Å²) < 4.78 is 14.3. The summed E-state index contributed by atoms with van der Waals surface area (Å²) in [6.45, 7) is 12.6. The van der Waals surface area contributed by atoms with Crippen molar-refractivity contribution in [1.82, 2.24) is 15.2 Å². The van der Waals surface area contributed by atoms with Crippen LogP contribution < -0.4 is 32.1 Å². The number of rotatable bonds is 17. The largest absolute Gasteiger partial charge is 0.508 e. The number of hydrogen-bond donors (Lipinski definition) is 5. The van der Waals surface area contributed by atoms with Gasteiger partial charge in [0.05, 0.1) is 11.9 Å². The number of aromatic hydroxyl groups is 2. The number of nitrogens with zero attached hydrogens (tertiary/aromatic N) is 3. The van der Waals surface area contributed by atoms with Crippen molar-refractivity contribution in [3.8, 4) is 11.5 Å². The maximum atomic E-state index is 14.3. The van der Waals surface area contributed by atoms with Crippen molar-refractivity contribution in [1.29, 1.82) is 0 Å². The first-order valence-electron chi connectivity index (χ1n) is 14.3. The lowest BCUT2D eigenvalue weighted by molar-refractivity contribution is 0.248. The fourth-order valence-electron chi connectivity index (χ4n) is 4.64. The molecule has 0 radical (unpaired) electrons. The molecule has 224 valence electrons. The molecule has 6 N–H and O–H groups in total. The van der Waals surface area contributed by atoms with Crippen molar-refractivity contribution in [3.63, 3.8) is 0 Å². The second-order valence-corrected chi connectivity index (χ2v) is 10.8. The van der Waals surface area contributed by atoms with E-state index in [1.54, 1.807) is 6.07 Å². The van der Waals surface area contributed by atoms with E-state index in [4.69, 9.17) is 5.73 Å². The number of halogens is 1. The predicted molar refractivity (Wildman–Crippen MR) is 162 cm³/mol. The Labute approximate surface area is 240 Å². The molecule has 0 fully saturated rings. The van der Waals surface area contributed by atoms with Crippen LogP contribution in [-0.2, 0) is 6.54 Å². The molecule has 0 aliphatic carbocycles. The van der Waals surface area contributed by atoms with Crippen molar-refractivity contribution < 1.29 is 14.6 Å². The van der Waals surface area contributed by atoms with Gasteiger partial charge in [0.1, 0.15) is 22.9 Å². The number of nitrogens with two attached hydrogens (primary N) is 1. The summed E-state index contributed by atoms with van der Waals surface area (Å²) in [7, 11) is 0. The first kappa shape index (κ1) is 31.8. The lowest BCUT2D eigenvalue weighted by Gasteiger charge is -2.29. The smallest absolute Gasteiger partial charge is 0.253 e. The number of nitrogen functional groups attached to an aromatic ring is 1. The third-order valence-electron chi connectivity index (χ3n) is 7.32. The van der Waals surface area contributed by atoms with Crippen LogP contribution in [0.2, 0.25) is 0 Å². The second kappa shape index (κ2) is 14.8. The molecule has 0 spiro atoms. The van der Waals surface area contributed by atoms with Crippen molar-refractivity contribution in [2.24, 2.45) is 5.92 Å². The number of hydrogen-bond acceptors (Lipinski definition) is 10. The summed E-state index contributed by atoms with van der Waals surface area (Å²) in [5.41, 5.74) is 5.02. The molecule has 3 rings (SSSR count). The summed E-state index contributed by atoms with van der Waals surface area (Å²) in [5.74, 6) is 0.300. The minimum atomic E-state index is -0.716. The highest BCUT2D eigenvalue weighted by molar-refractivity contribution is 5.77. The van der Waals surface area contributed by atoms with Crippen LogP contribution in [-0.4, -0.2) is 58.9 Å². The van der Waals surface area contributed by atoms with Gasteiger partial charge in [0.15, 0.2) is 11.6 Å². The first-order chi connectivity index (χ1) is 19.5. The van der Waals surface area contributed by atoms with E-state index in [0.717, 1.165) is 38.4 Å². The highest BCUT2D eigenvalue weighted by Crippen LogP contribution is 2.30. The SMILES string of the molecule is CCCN(CCC(C)NCCN(CC(C)CC)c1ncc(Nc2c(N)c(=O)c2=O)cc1O)Cc1ccc(O)cc1F. The third kappa shape index (κ3) is 8.64. The summed E-state index contributed by atoms with van der Waals surface area (Å²) >= 11 is 0. The minimum absolute atomic E-state index is 0.0179. The summed E-state index contributed by atoms with van der Waals surface area (Å²) in [6.07, 6.45) is 4.30. The zero-order chi connectivity index (χ0) is 30.1. The molecule has 2 unspecified atom stereocenters. The van der Waals surface area contributed by atoms with Crippen LogP contribution in [0.15, 0.2) is 40.1 Å². The highest BCUT2D eigenvalue weighted by atomic mass is 19.1. The van der Waals surface area contributed by atoms with Gasteiger partial charge in [-0.3, -0.25) is 14.5 Å². The minimum Gasteiger partial charge on any atom is -0.508 e. The molecule has 0 amide bonds. The molecule has 0 saturated carbocycles. The number of aromatic nitrogens is 1. The molecule has 2 atom stereocenters. The number of phenols is 1. The summed E-state index contributed by atoms with van der Waals surface area (Å²) in [4.78, 5) is 31.8. The van der Waals surface area contributed by atoms with Crippen LogP contribution in [0.25, 0.3) is 0 Å². The molecule has 3 aromatic rings. The van der Waals surface area contributed by atoms with Gasteiger partial charge < -0.3 is 31.5 Å². The van der Waals surface area contributed by atoms with Crippen molar-refractivity contribution in [2.75, 3.05) is 48.7 Å². The van der Waals surface area contributed by atoms with E-state index in [2.05, 4.69) is 48.2 Å². The molecular weight excluding hydrogens is 527 g/mol. The molecule has 11 heteroatoms. The van der Waals surface area contributed by atoms with E-state index in [0.29, 0.717) is 49.2 Å². The average molecular weight is 571 g/mol. The standard InChI is InChI=1S/C30H43FN6O4/c1-5-11-36(18-21-7-8-23(38)15-24(21)31)12-9-20(4)33-10-13-37(17-19(3)6-2)30-25(39)14-22(16-34-30)35-27-26(32)28(40)29(27)41/h7-8,14-16,19-20,33,35,38-39H,5-6,9-13,17-18,32H2,1-4H3. The predicted octanol–water partition coefficient (Wildman–Crippen LogP) is 3.69. The summed E-state index contributed by atoms with van der Waals surface area (Å²) in [6, 6.07) is 5.97. The van der Waals surface area contributed by atoms with Crippen molar-refractivity contribution in [2.45, 2.75) is 59.5 Å². The Bertz CT molecular complexity index is 1360. The van der Waals surface area contributed by atoms with Crippen LogP contribution in [0, 0.1) is 11.7 Å². The van der Waals surface area contributed by atoms with E-state index in [9.17, 15) is 24.2 Å². The van der Waals surface area contributed by atoms with Crippen LogP contribution in [0.3, 0.4) is 0 Å². The maximum Gasteiger partial charge on any atom is 0.253 e. The molecule has 0 bridgehead atoms. The fourth-order valence-corrected chi connectivity index (χ4v) is 4.64. The van der Waals surface area contributed by atoms with Crippen LogP contribution >= 0.6 is 0 Å². The highest BCUT2D eigenvalue weighted by Gasteiger charge is 2.20. The Hall–Kier alpha value is -3.70. The van der Waals surface area contributed by atoms with Gasteiger partial charge in [0.2, 0.25) is 0 Å². The molecule has 1 aromatic heterocycles. The van der Waals surface area contributed by atoms with Crippen molar-refractivity contribution in [3.05, 3.63) is 62.3 Å². The van der Waals surface area contributed by atoms with Crippen LogP contribution in [0.4, 0.5) is 27.3 Å². The van der Waals surface area contributed by atoms with E-state index < -0.39 is 16.7 Å². The van der Waals surface area contributed by atoms with Gasteiger partial charge in [-0.25, -0.2) is 9.37 Å². The zero-order valence-corrected chi connectivity index (χ0v) is 24.4. The maximum absolute atomic E-state index is 14.3. The number of phenolic OH excluding ortho intramolecular Hbond substituents is 1. The normalized spacial score (nSPS) is 13.0. The lowest BCUT2D eigenvalue weighted by Crippen LogP contribution is -2.39. The van der Waals surface area contributed by atoms with Crippen LogP contribution in [0.1, 0.15) is 52.5 Å². The van der Waals surface area contributed by atoms with E-state index in [1.807, 2.05) is 4.90 Å². The van der Waals surface area contributed by atoms with E-state index in [1.165, 1.54) is 18.3 Å². The molecule has 0 aliphatic rings. The molecule has 10 nitrogen and oxygen atoms in total. The molecular formula is C30H43FN6O4. The Kier molecular flexibility index (Phi) is 11.5. The molecule has 0 saturated heterocycles. The van der Waals surface area contributed by atoms with Gasteiger partial charge in [-0.15, -0.1) is 0 Å². The molecule has 0 aliphatic heterocycles. The molecule has 41 heavy (non-hydrogen) atoms. The van der Waals surface area contributed by atoms with Gasteiger partial charge in [-0.05, 0) is 44.8 Å². The van der Waals surface area contributed by atoms with Gasteiger partial charge in [0.25, 0.3) is 10.9 Å².